The fraction of sp³-hybridized carbons (Fsp3) is 0.514. The maximum atomic E-state index is 13.7. The van der Waals surface area contributed by atoms with Gasteiger partial charge in [0.2, 0.25) is 5.43 Å². The van der Waals surface area contributed by atoms with E-state index in [0.717, 1.165) is 150 Å². The highest BCUT2D eigenvalue weighted by molar-refractivity contribution is 5.88. The van der Waals surface area contributed by atoms with Crippen LogP contribution < -0.4 is 72.8 Å². The summed E-state index contributed by atoms with van der Waals surface area (Å²) >= 11 is 0. The number of rotatable bonds is 43. The molecule has 0 saturated heterocycles. The molecule has 7 aromatic rings. The summed E-state index contributed by atoms with van der Waals surface area (Å²) in [6, 6.07) is 19.1. The molecule has 0 heterocycles. The molecule has 0 spiro atoms. The number of unbranched alkanes of at least 4 members (excludes halogenated alkanes) is 13. The first-order chi connectivity index (χ1) is 42.8. The number of hydrogen-bond acceptors (Lipinski definition) is 14. The van der Waals surface area contributed by atoms with Crippen molar-refractivity contribution in [2.24, 2.45) is 0 Å². The van der Waals surface area contributed by atoms with E-state index in [9.17, 15) is 28.8 Å². The molecule has 0 amide bonds. The third-order valence-corrected chi connectivity index (χ3v) is 16.8. The van der Waals surface area contributed by atoms with E-state index in [1.807, 2.05) is 6.07 Å². The number of nitrogens with one attached hydrogen (secondary N) is 4. The van der Waals surface area contributed by atoms with Crippen molar-refractivity contribution in [3.63, 3.8) is 0 Å². The fourth-order valence-corrected chi connectivity index (χ4v) is 11.5. The van der Waals surface area contributed by atoms with Crippen molar-refractivity contribution in [1.29, 1.82) is 0 Å². The molecule has 0 aliphatic rings. The molecule has 0 aliphatic carbocycles. The van der Waals surface area contributed by atoms with Crippen LogP contribution in [0.4, 0.5) is 22.7 Å². The highest BCUT2D eigenvalue weighted by Crippen LogP contribution is 2.44. The molecule has 7 aromatic carbocycles. The van der Waals surface area contributed by atoms with Gasteiger partial charge in [-0.1, -0.05) is 139 Å². The second-order valence-corrected chi connectivity index (χ2v) is 23.4. The van der Waals surface area contributed by atoms with Gasteiger partial charge in [0.15, 0.2) is 5.75 Å². The highest BCUT2D eigenvalue weighted by atomic mass is 16.5. The van der Waals surface area contributed by atoms with E-state index >= 15 is 0 Å². The van der Waals surface area contributed by atoms with Gasteiger partial charge in [-0.15, -0.1) is 0 Å². The van der Waals surface area contributed by atoms with Crippen molar-refractivity contribution >= 4 is 22.7 Å². The molecular formula is C74H98N4O10. The van der Waals surface area contributed by atoms with Crippen molar-refractivity contribution in [2.75, 3.05) is 60.8 Å². The van der Waals surface area contributed by atoms with Gasteiger partial charge in [-0.25, -0.2) is 0 Å². The Labute approximate surface area is 521 Å². The number of ether oxygens (including phenoxy) is 4. The van der Waals surface area contributed by atoms with Crippen LogP contribution in [0.5, 0.6) is 23.0 Å². The van der Waals surface area contributed by atoms with Gasteiger partial charge >= 0.3 is 0 Å². The number of aryl methyl sites for hydroxylation is 3. The second-order valence-electron chi connectivity index (χ2n) is 23.4. The van der Waals surface area contributed by atoms with Crippen LogP contribution in [-0.2, 0) is 32.4 Å². The van der Waals surface area contributed by atoms with E-state index in [2.05, 4.69) is 125 Å². The van der Waals surface area contributed by atoms with Crippen LogP contribution in [0.1, 0.15) is 206 Å². The summed E-state index contributed by atoms with van der Waals surface area (Å²) in [5, 5.41) is 13.3. The van der Waals surface area contributed by atoms with Gasteiger partial charge in [0.05, 0.1) is 32.0 Å². The predicted molar refractivity (Wildman–Crippen MR) is 365 cm³/mol. The van der Waals surface area contributed by atoms with E-state index < -0.39 is 32.6 Å². The molecule has 0 fully saturated rings. The van der Waals surface area contributed by atoms with E-state index in [0.29, 0.717) is 74.9 Å². The lowest BCUT2D eigenvalue weighted by Gasteiger charge is -2.22. The van der Waals surface area contributed by atoms with Crippen LogP contribution in [0.3, 0.4) is 0 Å². The zero-order valence-corrected chi connectivity index (χ0v) is 54.3. The Bertz CT molecular complexity index is 3460. The van der Waals surface area contributed by atoms with Crippen molar-refractivity contribution in [2.45, 2.75) is 210 Å². The van der Waals surface area contributed by atoms with Crippen LogP contribution >= 0.6 is 0 Å². The minimum atomic E-state index is -0.655. The highest BCUT2D eigenvalue weighted by Gasteiger charge is 2.29. The normalized spacial score (nSPS) is 11.5. The Morgan fingerprint density at radius 1 is 0.295 bits per heavy atom. The van der Waals surface area contributed by atoms with Crippen molar-refractivity contribution in [3.05, 3.63) is 144 Å². The monoisotopic (exact) mass is 1200 g/mol. The minimum absolute atomic E-state index is 0.0410. The Morgan fingerprint density at radius 2 is 0.625 bits per heavy atom. The molecule has 4 N–H and O–H groups in total. The van der Waals surface area contributed by atoms with Crippen molar-refractivity contribution in [1.82, 2.24) is 0 Å². The first kappa shape index (κ1) is 68.0. The van der Waals surface area contributed by atoms with Crippen LogP contribution in [0, 0.1) is 0 Å². The standard InChI is InChI=1S/C74H98N4O10/c1-10-19-24-26-28-30-32-75-61-63(68(82)66(61)80)77-46-57-43-51(37-48(15-6)71(57)86-34-21-12-3)53-40-54(42-55(41-53)56-39-50(17-8)73(88-36-23-14-5)59(45-56)60-65(79)70(84)74(60)85-18-9)52-38-49(16-7)72(87-35-22-13-4)58(44-52)47-78-64-62(67(81)69(64)83)76-33-31-29-27-25-20-11-2/h37-45,75-78H,10-36,46-47H2,1-9H3. The molecular weight excluding hydrogens is 1100 g/mol. The number of hydrogen-bond donors (Lipinski definition) is 4. The van der Waals surface area contributed by atoms with Gasteiger partial charge in [0.1, 0.15) is 40.0 Å². The molecule has 14 nitrogen and oxygen atoms in total. The molecule has 0 atom stereocenters. The summed E-state index contributed by atoms with van der Waals surface area (Å²) in [6.07, 6.45) is 20.4. The van der Waals surface area contributed by atoms with Gasteiger partial charge in [-0.2, -0.15) is 0 Å². The molecule has 0 aliphatic heterocycles. The molecule has 88 heavy (non-hydrogen) atoms. The van der Waals surface area contributed by atoms with Crippen LogP contribution in [-0.4, -0.2) is 39.5 Å². The average molecular weight is 1200 g/mol. The lowest BCUT2D eigenvalue weighted by atomic mass is 9.87. The topological polar surface area (TPSA) is 187 Å². The molecule has 0 aromatic heterocycles. The quantitative estimate of drug-likeness (QED) is 0.0209. The summed E-state index contributed by atoms with van der Waals surface area (Å²) in [4.78, 5) is 79.6. The molecule has 474 valence electrons. The Hall–Kier alpha value is -7.48. The van der Waals surface area contributed by atoms with Gasteiger partial charge in [-0.05, 0) is 163 Å². The summed E-state index contributed by atoms with van der Waals surface area (Å²) < 4.78 is 25.7. The minimum Gasteiger partial charge on any atom is -0.493 e. The largest absolute Gasteiger partial charge is 0.493 e. The van der Waals surface area contributed by atoms with Crippen LogP contribution in [0.15, 0.2) is 83.4 Å². The number of anilines is 4. The van der Waals surface area contributed by atoms with Crippen LogP contribution in [0.25, 0.3) is 44.5 Å². The predicted octanol–water partition coefficient (Wildman–Crippen LogP) is 15.5. The summed E-state index contributed by atoms with van der Waals surface area (Å²) in [7, 11) is 0. The summed E-state index contributed by atoms with van der Waals surface area (Å²) in [5.41, 5.74) is 8.20. The van der Waals surface area contributed by atoms with Gasteiger partial charge in [0.25, 0.3) is 27.1 Å². The third kappa shape index (κ3) is 16.6. The van der Waals surface area contributed by atoms with Gasteiger partial charge in [-0.3, -0.25) is 28.8 Å². The van der Waals surface area contributed by atoms with E-state index in [1.54, 1.807) is 6.92 Å². The van der Waals surface area contributed by atoms with E-state index in [1.165, 1.54) is 38.5 Å². The summed E-state index contributed by atoms with van der Waals surface area (Å²) in [6.45, 7) is 22.1. The Balaban J connectivity index is 1.40. The van der Waals surface area contributed by atoms with Gasteiger partial charge in [0, 0.05) is 42.9 Å². The van der Waals surface area contributed by atoms with E-state index in [-0.39, 0.29) is 42.4 Å². The van der Waals surface area contributed by atoms with Crippen molar-refractivity contribution < 1.29 is 18.9 Å². The zero-order chi connectivity index (χ0) is 63.1. The van der Waals surface area contributed by atoms with Crippen LogP contribution in [0.2, 0.25) is 0 Å². The second kappa shape index (κ2) is 34.3. The lowest BCUT2D eigenvalue weighted by Crippen LogP contribution is -2.37. The van der Waals surface area contributed by atoms with Crippen molar-refractivity contribution in [3.8, 4) is 67.5 Å². The maximum Gasteiger partial charge on any atom is 0.268 e. The molecule has 0 radical (unpaired) electrons. The van der Waals surface area contributed by atoms with E-state index in [4.69, 9.17) is 18.9 Å². The average Bonchev–Trinajstić information content (AvgIpc) is 1.40. The SMILES string of the molecule is CCCCCCCCNc1c(NCc2cc(-c3cc(-c4cc(CC)c(OCCCC)c(CNc5c(NCCCCCCCC)c(=O)c5=O)c4)cc(-c4cc(CC)c(OCCCC)c(-c5c(OCC)c(=O)c5=O)c4)c3)cc(CC)c2OCCCC)c(=O)c1=O. The molecule has 0 bridgehead atoms. The lowest BCUT2D eigenvalue weighted by molar-refractivity contribution is 0.303. The Kier molecular flexibility index (Phi) is 26.5. The first-order valence-electron chi connectivity index (χ1n) is 33.4. The zero-order valence-electron chi connectivity index (χ0n) is 54.3. The first-order valence-corrected chi connectivity index (χ1v) is 33.4. The molecule has 0 saturated carbocycles. The van der Waals surface area contributed by atoms with Gasteiger partial charge < -0.3 is 40.2 Å². The summed E-state index contributed by atoms with van der Waals surface area (Å²) in [5.74, 6) is 2.08. The smallest absolute Gasteiger partial charge is 0.268 e. The third-order valence-electron chi connectivity index (χ3n) is 16.8. The maximum absolute atomic E-state index is 13.7. The molecule has 14 heteroatoms. The fourth-order valence-electron chi connectivity index (χ4n) is 11.5. The number of benzene rings is 4. The molecule has 7 rings (SSSR count). The Morgan fingerprint density at radius 3 is 1.01 bits per heavy atom. The molecule has 0 unspecified atom stereocenters.